The summed E-state index contributed by atoms with van der Waals surface area (Å²) in [5.41, 5.74) is 0.856. The summed E-state index contributed by atoms with van der Waals surface area (Å²) >= 11 is 5.87. The van der Waals surface area contributed by atoms with Crippen LogP contribution < -0.4 is 0 Å². The van der Waals surface area contributed by atoms with Crippen LogP contribution in [0.4, 0.5) is 13.2 Å². The molecule has 0 amide bonds. The highest BCUT2D eigenvalue weighted by Gasteiger charge is 2.30. The first-order chi connectivity index (χ1) is 8.91. The summed E-state index contributed by atoms with van der Waals surface area (Å²) in [7, 11) is 0. The standard InChI is InChI=1S/C14H8ClF3O/c15-13-7-11(14(16,17)18)5-6-12(13)10-3-1-9(8-19)2-4-10/h1-8H. The van der Waals surface area contributed by atoms with E-state index in [4.69, 9.17) is 11.6 Å². The van der Waals surface area contributed by atoms with Gasteiger partial charge in [0, 0.05) is 16.1 Å². The van der Waals surface area contributed by atoms with E-state index >= 15 is 0 Å². The molecular weight excluding hydrogens is 277 g/mol. The highest BCUT2D eigenvalue weighted by molar-refractivity contribution is 6.33. The number of carbonyl (C=O) groups excluding carboxylic acids is 1. The van der Waals surface area contributed by atoms with Crippen LogP contribution in [0.1, 0.15) is 15.9 Å². The quantitative estimate of drug-likeness (QED) is 0.721. The molecule has 0 saturated heterocycles. The number of alkyl halides is 3. The summed E-state index contributed by atoms with van der Waals surface area (Å²) in [6, 6.07) is 9.63. The fraction of sp³-hybridized carbons (Fsp3) is 0.0714. The van der Waals surface area contributed by atoms with Crippen molar-refractivity contribution in [2.45, 2.75) is 6.18 Å². The molecule has 0 unspecified atom stereocenters. The lowest BCUT2D eigenvalue weighted by Crippen LogP contribution is -2.04. The maximum absolute atomic E-state index is 12.5. The minimum atomic E-state index is -4.41. The second kappa shape index (κ2) is 5.05. The molecule has 2 aromatic carbocycles. The maximum atomic E-state index is 12.5. The van der Waals surface area contributed by atoms with Crippen molar-refractivity contribution >= 4 is 17.9 Å². The maximum Gasteiger partial charge on any atom is 0.416 e. The van der Waals surface area contributed by atoms with Gasteiger partial charge >= 0.3 is 6.18 Å². The molecular formula is C14H8ClF3O. The van der Waals surface area contributed by atoms with Crippen molar-refractivity contribution in [3.05, 3.63) is 58.6 Å². The van der Waals surface area contributed by atoms with E-state index in [1.165, 1.54) is 6.07 Å². The third kappa shape index (κ3) is 2.96. The lowest BCUT2D eigenvalue weighted by Gasteiger charge is -2.10. The molecule has 0 spiro atoms. The average molecular weight is 285 g/mol. The number of rotatable bonds is 2. The molecule has 0 radical (unpaired) electrons. The second-order valence-corrected chi connectivity index (χ2v) is 4.34. The Bertz CT molecular complexity index is 603. The minimum absolute atomic E-state index is 0.0219. The predicted molar refractivity (Wildman–Crippen MR) is 67.3 cm³/mol. The van der Waals surface area contributed by atoms with Gasteiger partial charge in [0.15, 0.2) is 0 Å². The van der Waals surface area contributed by atoms with Gasteiger partial charge in [-0.25, -0.2) is 0 Å². The molecule has 0 fully saturated rings. The van der Waals surface area contributed by atoms with Crippen LogP contribution in [-0.4, -0.2) is 6.29 Å². The van der Waals surface area contributed by atoms with Gasteiger partial charge in [0.05, 0.1) is 5.56 Å². The van der Waals surface area contributed by atoms with Gasteiger partial charge in [-0.15, -0.1) is 0 Å². The first-order valence-electron chi connectivity index (χ1n) is 5.34. The zero-order valence-electron chi connectivity index (χ0n) is 9.54. The second-order valence-electron chi connectivity index (χ2n) is 3.93. The van der Waals surface area contributed by atoms with Crippen LogP contribution in [-0.2, 0) is 6.18 Å². The van der Waals surface area contributed by atoms with Crippen molar-refractivity contribution in [1.29, 1.82) is 0 Å². The zero-order valence-corrected chi connectivity index (χ0v) is 10.3. The number of aldehydes is 1. The molecule has 5 heteroatoms. The van der Waals surface area contributed by atoms with Crippen LogP contribution in [0.5, 0.6) is 0 Å². The molecule has 0 bridgehead atoms. The Hall–Kier alpha value is -1.81. The van der Waals surface area contributed by atoms with Crippen LogP contribution >= 0.6 is 11.6 Å². The molecule has 2 rings (SSSR count). The van der Waals surface area contributed by atoms with E-state index < -0.39 is 11.7 Å². The lowest BCUT2D eigenvalue weighted by molar-refractivity contribution is -0.137. The molecule has 0 heterocycles. The van der Waals surface area contributed by atoms with Crippen LogP contribution in [0.2, 0.25) is 5.02 Å². The van der Waals surface area contributed by atoms with E-state index in [2.05, 4.69) is 0 Å². The van der Waals surface area contributed by atoms with Gasteiger partial charge in [-0.1, -0.05) is 41.9 Å². The monoisotopic (exact) mass is 284 g/mol. The summed E-state index contributed by atoms with van der Waals surface area (Å²) in [5.74, 6) is 0. The third-order valence-corrected chi connectivity index (χ3v) is 2.97. The van der Waals surface area contributed by atoms with Crippen molar-refractivity contribution in [2.75, 3.05) is 0 Å². The van der Waals surface area contributed by atoms with Crippen molar-refractivity contribution < 1.29 is 18.0 Å². The predicted octanol–water partition coefficient (Wildman–Crippen LogP) is 4.84. The fourth-order valence-corrected chi connectivity index (χ4v) is 1.96. The van der Waals surface area contributed by atoms with Gasteiger partial charge in [-0.05, 0) is 17.7 Å². The van der Waals surface area contributed by atoms with Crippen LogP contribution in [0.3, 0.4) is 0 Å². The normalized spacial score (nSPS) is 11.4. The van der Waals surface area contributed by atoms with Gasteiger partial charge < -0.3 is 0 Å². The number of benzene rings is 2. The molecule has 1 nitrogen and oxygen atoms in total. The zero-order chi connectivity index (χ0) is 14.0. The SMILES string of the molecule is O=Cc1ccc(-c2ccc(C(F)(F)F)cc2Cl)cc1. The molecule has 19 heavy (non-hydrogen) atoms. The molecule has 2 aromatic rings. The van der Waals surface area contributed by atoms with E-state index in [1.807, 2.05) is 0 Å². The minimum Gasteiger partial charge on any atom is -0.298 e. The molecule has 0 aliphatic heterocycles. The summed E-state index contributed by atoms with van der Waals surface area (Å²) in [4.78, 5) is 10.5. The van der Waals surface area contributed by atoms with Gasteiger partial charge in [0.2, 0.25) is 0 Å². The van der Waals surface area contributed by atoms with Crippen LogP contribution in [0.25, 0.3) is 11.1 Å². The summed E-state index contributed by atoms with van der Waals surface area (Å²) in [6.45, 7) is 0. The Kier molecular flexibility index (Phi) is 3.62. The molecule has 98 valence electrons. The van der Waals surface area contributed by atoms with Crippen molar-refractivity contribution in [3.8, 4) is 11.1 Å². The smallest absolute Gasteiger partial charge is 0.298 e. The molecule has 0 N–H and O–H groups in total. The van der Waals surface area contributed by atoms with Crippen LogP contribution in [0, 0.1) is 0 Å². The van der Waals surface area contributed by atoms with Crippen molar-refractivity contribution in [1.82, 2.24) is 0 Å². The summed E-state index contributed by atoms with van der Waals surface area (Å²) in [5, 5.41) is 0.0219. The molecule has 0 aliphatic rings. The van der Waals surface area contributed by atoms with Gasteiger partial charge in [0.25, 0.3) is 0 Å². The molecule has 0 aliphatic carbocycles. The van der Waals surface area contributed by atoms with E-state index in [9.17, 15) is 18.0 Å². The van der Waals surface area contributed by atoms with Gasteiger partial charge in [-0.2, -0.15) is 13.2 Å². The lowest BCUT2D eigenvalue weighted by atomic mass is 10.0. The summed E-state index contributed by atoms with van der Waals surface area (Å²) in [6.07, 6.45) is -3.72. The Morgan fingerprint density at radius 3 is 2.11 bits per heavy atom. The van der Waals surface area contributed by atoms with Gasteiger partial charge in [0.1, 0.15) is 6.29 Å². The van der Waals surface area contributed by atoms with E-state index in [-0.39, 0.29) is 5.02 Å². The molecule has 0 atom stereocenters. The van der Waals surface area contributed by atoms with E-state index in [0.717, 1.165) is 12.1 Å². The Balaban J connectivity index is 2.42. The topological polar surface area (TPSA) is 17.1 Å². The Morgan fingerprint density at radius 2 is 1.63 bits per heavy atom. The van der Waals surface area contributed by atoms with E-state index in [1.54, 1.807) is 24.3 Å². The Morgan fingerprint density at radius 1 is 1.00 bits per heavy atom. The highest BCUT2D eigenvalue weighted by Crippen LogP contribution is 2.35. The molecule has 0 aromatic heterocycles. The number of hydrogen-bond acceptors (Lipinski definition) is 1. The fourth-order valence-electron chi connectivity index (χ4n) is 1.67. The highest BCUT2D eigenvalue weighted by atomic mass is 35.5. The van der Waals surface area contributed by atoms with Crippen LogP contribution in [0.15, 0.2) is 42.5 Å². The Labute approximate surface area is 112 Å². The van der Waals surface area contributed by atoms with Crippen molar-refractivity contribution in [3.63, 3.8) is 0 Å². The number of halogens is 4. The first kappa shape index (κ1) is 13.6. The summed E-state index contributed by atoms with van der Waals surface area (Å²) < 4.78 is 37.5. The first-order valence-corrected chi connectivity index (χ1v) is 5.72. The largest absolute Gasteiger partial charge is 0.416 e. The molecule has 0 saturated carbocycles. The van der Waals surface area contributed by atoms with Crippen molar-refractivity contribution in [2.24, 2.45) is 0 Å². The van der Waals surface area contributed by atoms with Gasteiger partial charge in [-0.3, -0.25) is 4.79 Å². The number of hydrogen-bond donors (Lipinski definition) is 0. The van der Waals surface area contributed by atoms with E-state index in [0.29, 0.717) is 23.0 Å². The third-order valence-electron chi connectivity index (χ3n) is 2.65. The average Bonchev–Trinajstić information content (AvgIpc) is 2.38. The number of carbonyl (C=O) groups is 1.